The summed E-state index contributed by atoms with van der Waals surface area (Å²) in [6.07, 6.45) is -4.05. The Hall–Kier alpha value is -3.42. The van der Waals surface area contributed by atoms with Crippen molar-refractivity contribution in [2.45, 2.75) is 49.7 Å². The first-order chi connectivity index (χ1) is 20.4. The van der Waals surface area contributed by atoms with Crippen molar-refractivity contribution in [2.24, 2.45) is 0 Å². The molecule has 43 heavy (non-hydrogen) atoms. The van der Waals surface area contributed by atoms with Crippen molar-refractivity contribution in [2.75, 3.05) is 44.1 Å². The number of benzene rings is 2. The predicted octanol–water partition coefficient (Wildman–Crippen LogP) is 4.97. The monoisotopic (exact) mass is 620 g/mol. The van der Waals surface area contributed by atoms with Crippen LogP contribution in [0, 0.1) is 5.82 Å². The lowest BCUT2D eigenvalue weighted by Crippen LogP contribution is -2.58. The van der Waals surface area contributed by atoms with Crippen molar-refractivity contribution in [3.63, 3.8) is 0 Å². The van der Waals surface area contributed by atoms with Crippen LogP contribution in [0.25, 0.3) is 22.0 Å². The highest BCUT2D eigenvalue weighted by Crippen LogP contribution is 2.48. The average molecular weight is 621 g/mol. The van der Waals surface area contributed by atoms with Gasteiger partial charge in [-0.3, -0.25) is 9.36 Å². The minimum atomic E-state index is -4.77. The largest absolute Gasteiger partial charge is 0.417 e. The van der Waals surface area contributed by atoms with E-state index >= 15 is 0 Å². The predicted molar refractivity (Wildman–Crippen MR) is 157 cm³/mol. The Bertz CT molecular complexity index is 1580. The quantitative estimate of drug-likeness (QED) is 0.210. The summed E-state index contributed by atoms with van der Waals surface area (Å²) in [6.45, 7) is 8.37. The summed E-state index contributed by atoms with van der Waals surface area (Å²) in [5, 5.41) is 0.167. The molecule has 1 unspecified atom stereocenters. The lowest BCUT2D eigenvalue weighted by Gasteiger charge is -2.44. The molecular formula is C30H32F4N4O4S. The van der Waals surface area contributed by atoms with Crippen LogP contribution in [-0.4, -0.2) is 77.7 Å². The lowest BCUT2D eigenvalue weighted by atomic mass is 9.96. The van der Waals surface area contributed by atoms with Gasteiger partial charge in [0, 0.05) is 53.9 Å². The van der Waals surface area contributed by atoms with E-state index in [9.17, 15) is 27.2 Å². The van der Waals surface area contributed by atoms with Crippen LogP contribution in [0.1, 0.15) is 19.4 Å². The molecule has 0 bridgehead atoms. The number of thioether (sulfide) groups is 1. The summed E-state index contributed by atoms with van der Waals surface area (Å²) in [4.78, 5) is 34.2. The van der Waals surface area contributed by atoms with Crippen LogP contribution in [0.4, 0.5) is 23.4 Å². The van der Waals surface area contributed by atoms with E-state index in [1.807, 2.05) is 13.8 Å². The maximum atomic E-state index is 14.8. The number of hydrogen-bond acceptors (Lipinski definition) is 7. The third-order valence-electron chi connectivity index (χ3n) is 7.73. The molecule has 0 aliphatic carbocycles. The number of anilines is 1. The Morgan fingerprint density at radius 2 is 1.81 bits per heavy atom. The molecule has 2 aliphatic rings. The van der Waals surface area contributed by atoms with Gasteiger partial charge in [-0.2, -0.15) is 18.2 Å². The number of rotatable bonds is 7. The van der Waals surface area contributed by atoms with Crippen molar-refractivity contribution in [3.8, 4) is 11.1 Å². The Kier molecular flexibility index (Phi) is 8.87. The molecule has 1 amide bonds. The molecule has 2 aliphatic heterocycles. The van der Waals surface area contributed by atoms with Crippen molar-refractivity contribution < 1.29 is 31.8 Å². The van der Waals surface area contributed by atoms with Gasteiger partial charge in [0.15, 0.2) is 0 Å². The molecule has 13 heteroatoms. The fourth-order valence-corrected chi connectivity index (χ4v) is 7.22. The standard InChI is InChI=1S/C30H32F4N4O4S/c1-5-24(39)38-17(2)13-36(14-18(38)3)28-22-12-23(30(32,33)34)25(19-6-8-20(31)9-7-19)27-26(22)37(29(40)35-28)15-21(16-43-27)42-11-10-41-4/h5-9,12,17-18,21H,1,10-11,13-16H2,2-4H3/t17-,18+,21?. The first kappa shape index (κ1) is 31.0. The topological polar surface area (TPSA) is 76.9 Å². The van der Waals surface area contributed by atoms with E-state index in [0.29, 0.717) is 12.1 Å². The van der Waals surface area contributed by atoms with Gasteiger partial charge in [0.2, 0.25) is 5.91 Å². The Balaban J connectivity index is 1.76. The number of alkyl halides is 3. The number of aromatic nitrogens is 2. The van der Waals surface area contributed by atoms with Crippen LogP contribution >= 0.6 is 11.8 Å². The highest BCUT2D eigenvalue weighted by molar-refractivity contribution is 7.99. The second-order valence-corrected chi connectivity index (χ2v) is 11.7. The lowest BCUT2D eigenvalue weighted by molar-refractivity contribution is -0.137. The second kappa shape index (κ2) is 12.3. The number of ether oxygens (including phenoxy) is 2. The Morgan fingerprint density at radius 3 is 2.42 bits per heavy atom. The number of piperazine rings is 1. The zero-order chi connectivity index (χ0) is 31.1. The maximum absolute atomic E-state index is 14.8. The van der Waals surface area contributed by atoms with E-state index in [1.165, 1.54) is 41.6 Å². The minimum absolute atomic E-state index is 0.0783. The molecule has 3 aromatic rings. The first-order valence-electron chi connectivity index (χ1n) is 13.8. The van der Waals surface area contributed by atoms with Crippen LogP contribution in [-0.2, 0) is 27.0 Å². The number of halogens is 4. The van der Waals surface area contributed by atoms with Gasteiger partial charge < -0.3 is 19.3 Å². The van der Waals surface area contributed by atoms with Gasteiger partial charge in [-0.25, -0.2) is 9.18 Å². The smallest absolute Gasteiger partial charge is 0.382 e. The van der Waals surface area contributed by atoms with E-state index in [4.69, 9.17) is 9.47 Å². The summed E-state index contributed by atoms with van der Waals surface area (Å²) < 4.78 is 70.7. The fourth-order valence-electron chi connectivity index (χ4n) is 5.94. The molecule has 0 N–H and O–H groups in total. The molecule has 1 saturated heterocycles. The summed E-state index contributed by atoms with van der Waals surface area (Å²) in [7, 11) is 1.53. The van der Waals surface area contributed by atoms with Crippen LogP contribution < -0.4 is 10.6 Å². The first-order valence-corrected chi connectivity index (χ1v) is 14.8. The maximum Gasteiger partial charge on any atom is 0.417 e. The van der Waals surface area contributed by atoms with E-state index in [-0.39, 0.29) is 77.2 Å². The molecule has 230 valence electrons. The number of hydrogen-bond donors (Lipinski definition) is 0. The third kappa shape index (κ3) is 6.02. The molecule has 0 radical (unpaired) electrons. The zero-order valence-corrected chi connectivity index (χ0v) is 24.8. The third-order valence-corrected chi connectivity index (χ3v) is 8.95. The fraction of sp³-hybridized carbons (Fsp3) is 0.433. The van der Waals surface area contributed by atoms with E-state index in [1.54, 1.807) is 9.80 Å². The van der Waals surface area contributed by atoms with Gasteiger partial charge >= 0.3 is 11.9 Å². The Morgan fingerprint density at radius 1 is 1.14 bits per heavy atom. The van der Waals surface area contributed by atoms with Crippen molar-refractivity contribution in [3.05, 3.63) is 64.9 Å². The SMILES string of the molecule is C=CC(=O)N1[C@H](C)CN(c2nc(=O)n3c4c(c(-c5ccc(F)cc5)c(C(F)(F)F)cc24)SCC(OCCOC)C3)C[C@@H]1C. The van der Waals surface area contributed by atoms with Gasteiger partial charge in [-0.15, -0.1) is 11.8 Å². The van der Waals surface area contributed by atoms with Crippen LogP contribution in [0.15, 0.2) is 52.7 Å². The van der Waals surface area contributed by atoms with Gasteiger partial charge in [-0.05, 0) is 43.7 Å². The summed E-state index contributed by atoms with van der Waals surface area (Å²) in [5.74, 6) is -0.442. The number of methoxy groups -OCH3 is 1. The molecular weight excluding hydrogens is 588 g/mol. The van der Waals surface area contributed by atoms with Crippen LogP contribution in [0.5, 0.6) is 0 Å². The van der Waals surface area contributed by atoms with Gasteiger partial charge in [0.05, 0.1) is 36.9 Å². The molecule has 8 nitrogen and oxygen atoms in total. The van der Waals surface area contributed by atoms with Gasteiger partial charge in [0.25, 0.3) is 0 Å². The summed E-state index contributed by atoms with van der Waals surface area (Å²) in [6, 6.07) is 5.24. The highest BCUT2D eigenvalue weighted by atomic mass is 32.2. The summed E-state index contributed by atoms with van der Waals surface area (Å²) in [5.41, 5.74) is -1.18. The number of amides is 1. The summed E-state index contributed by atoms with van der Waals surface area (Å²) >= 11 is 1.17. The van der Waals surface area contributed by atoms with E-state index < -0.39 is 29.4 Å². The van der Waals surface area contributed by atoms with Crippen molar-refractivity contribution >= 4 is 34.4 Å². The second-order valence-electron chi connectivity index (χ2n) is 10.7. The van der Waals surface area contributed by atoms with Crippen LogP contribution in [0.2, 0.25) is 0 Å². The number of nitrogens with zero attached hydrogens (tertiary/aromatic N) is 4. The molecule has 1 aromatic heterocycles. The van der Waals surface area contributed by atoms with E-state index in [2.05, 4.69) is 11.6 Å². The van der Waals surface area contributed by atoms with Gasteiger partial charge in [-0.1, -0.05) is 18.7 Å². The van der Waals surface area contributed by atoms with Gasteiger partial charge in [0.1, 0.15) is 11.6 Å². The number of carbonyl (C=O) groups is 1. The molecule has 5 rings (SSSR count). The molecule has 3 heterocycles. The zero-order valence-electron chi connectivity index (χ0n) is 24.0. The molecule has 1 fully saturated rings. The minimum Gasteiger partial charge on any atom is -0.382 e. The Labute approximate surface area is 250 Å². The molecule has 0 saturated carbocycles. The van der Waals surface area contributed by atoms with E-state index in [0.717, 1.165) is 18.2 Å². The average Bonchev–Trinajstić information content (AvgIpc) is 3.15. The van der Waals surface area contributed by atoms with Crippen molar-refractivity contribution in [1.82, 2.24) is 14.5 Å². The molecule has 2 aromatic carbocycles. The normalized spacial score (nSPS) is 20.8. The highest BCUT2D eigenvalue weighted by Gasteiger charge is 2.39. The number of carbonyl (C=O) groups excluding carboxylic acids is 1. The molecule has 0 spiro atoms. The van der Waals surface area contributed by atoms with Crippen molar-refractivity contribution in [1.29, 1.82) is 0 Å². The molecule has 3 atom stereocenters. The van der Waals surface area contributed by atoms with Crippen LogP contribution in [0.3, 0.4) is 0 Å².